The quantitative estimate of drug-likeness (QED) is 0.205. The van der Waals surface area contributed by atoms with E-state index >= 15 is 0 Å². The largest absolute Gasteiger partial charge is 0.459 e. The van der Waals surface area contributed by atoms with Crippen LogP contribution in [0.1, 0.15) is 29.1 Å². The minimum absolute atomic E-state index is 0.240. The van der Waals surface area contributed by atoms with E-state index in [0.29, 0.717) is 26.7 Å². The zero-order chi connectivity index (χ0) is 26.9. The zero-order valence-corrected chi connectivity index (χ0v) is 23.2. The molecule has 3 aromatic carbocycles. The van der Waals surface area contributed by atoms with Crippen LogP contribution in [0.2, 0.25) is 10.0 Å². The molecule has 1 aliphatic heterocycles. The van der Waals surface area contributed by atoms with Crippen molar-refractivity contribution in [3.63, 3.8) is 0 Å². The summed E-state index contributed by atoms with van der Waals surface area (Å²) < 4.78 is 12.5. The first-order chi connectivity index (χ1) is 19.0. The SMILES string of the molecule is Cc1ccc(Oc2ccc(N3C(=S)N[C@H](c4ccccn4)[C@@H]3c3ccc(-c4cccc(Cl)c4Cl)o3)cc2)cc1. The van der Waals surface area contributed by atoms with Gasteiger partial charge in [0.25, 0.3) is 0 Å². The Morgan fingerprint density at radius 1 is 0.872 bits per heavy atom. The van der Waals surface area contributed by atoms with Crippen molar-refractivity contribution >= 4 is 46.2 Å². The van der Waals surface area contributed by atoms with Gasteiger partial charge in [-0.05, 0) is 91.9 Å². The average Bonchev–Trinajstić information content (AvgIpc) is 3.57. The van der Waals surface area contributed by atoms with Gasteiger partial charge in [-0.3, -0.25) is 4.98 Å². The van der Waals surface area contributed by atoms with Crippen molar-refractivity contribution < 1.29 is 9.15 Å². The van der Waals surface area contributed by atoms with Gasteiger partial charge in [-0.25, -0.2) is 0 Å². The third kappa shape index (κ3) is 5.11. The van der Waals surface area contributed by atoms with Crippen LogP contribution in [0.3, 0.4) is 0 Å². The molecule has 194 valence electrons. The Balaban J connectivity index is 1.36. The molecule has 8 heteroatoms. The molecule has 0 saturated carbocycles. The van der Waals surface area contributed by atoms with Gasteiger partial charge in [0.1, 0.15) is 29.1 Å². The lowest BCUT2D eigenvalue weighted by atomic mass is 10.0. The molecule has 2 atom stereocenters. The summed E-state index contributed by atoms with van der Waals surface area (Å²) in [6.45, 7) is 2.05. The highest BCUT2D eigenvalue weighted by atomic mass is 35.5. The second kappa shape index (κ2) is 10.7. The first kappa shape index (κ1) is 25.4. The van der Waals surface area contributed by atoms with Gasteiger partial charge in [0, 0.05) is 17.4 Å². The van der Waals surface area contributed by atoms with E-state index in [2.05, 4.69) is 10.3 Å². The van der Waals surface area contributed by atoms with E-state index in [-0.39, 0.29) is 12.1 Å². The van der Waals surface area contributed by atoms with Gasteiger partial charge in [-0.2, -0.15) is 0 Å². The number of aryl methyl sites for hydroxylation is 1. The molecule has 2 aromatic heterocycles. The molecule has 1 aliphatic rings. The van der Waals surface area contributed by atoms with Crippen molar-refractivity contribution in [3.05, 3.63) is 130 Å². The van der Waals surface area contributed by atoms with Gasteiger partial charge in [0.15, 0.2) is 5.11 Å². The molecule has 0 aliphatic carbocycles. The summed E-state index contributed by atoms with van der Waals surface area (Å²) in [5.41, 5.74) is 3.65. The molecule has 0 bridgehead atoms. The predicted molar refractivity (Wildman–Crippen MR) is 160 cm³/mol. The molecular formula is C31H23Cl2N3O2S. The maximum Gasteiger partial charge on any atom is 0.174 e. The van der Waals surface area contributed by atoms with Gasteiger partial charge in [-0.1, -0.05) is 53.0 Å². The van der Waals surface area contributed by atoms with Crippen molar-refractivity contribution in [2.45, 2.75) is 19.0 Å². The van der Waals surface area contributed by atoms with Crippen molar-refractivity contribution in [2.24, 2.45) is 0 Å². The number of benzene rings is 3. The van der Waals surface area contributed by atoms with E-state index in [1.165, 1.54) is 5.56 Å². The number of hydrogen-bond donors (Lipinski definition) is 1. The maximum absolute atomic E-state index is 6.49. The van der Waals surface area contributed by atoms with Crippen LogP contribution >= 0.6 is 35.4 Å². The normalized spacial score (nSPS) is 16.8. The molecule has 5 nitrogen and oxygen atoms in total. The van der Waals surface area contributed by atoms with Gasteiger partial charge >= 0.3 is 0 Å². The molecule has 3 heterocycles. The second-order valence-electron chi connectivity index (χ2n) is 9.21. The molecule has 5 aromatic rings. The lowest BCUT2D eigenvalue weighted by molar-refractivity contribution is 0.439. The summed E-state index contributed by atoms with van der Waals surface area (Å²) in [5, 5.41) is 4.94. The Bertz CT molecular complexity index is 1620. The van der Waals surface area contributed by atoms with Crippen LogP contribution in [-0.4, -0.2) is 10.1 Å². The van der Waals surface area contributed by atoms with E-state index in [1.807, 2.05) is 103 Å². The first-order valence-electron chi connectivity index (χ1n) is 12.4. The number of aromatic nitrogens is 1. The highest BCUT2D eigenvalue weighted by molar-refractivity contribution is 7.80. The van der Waals surface area contributed by atoms with Crippen molar-refractivity contribution in [2.75, 3.05) is 4.90 Å². The second-order valence-corrected chi connectivity index (χ2v) is 10.4. The summed E-state index contributed by atoms with van der Waals surface area (Å²) in [6.07, 6.45) is 1.77. The molecule has 39 heavy (non-hydrogen) atoms. The lowest BCUT2D eigenvalue weighted by Crippen LogP contribution is -2.29. The number of pyridine rings is 1. The molecule has 0 amide bonds. The Labute approximate surface area is 242 Å². The highest BCUT2D eigenvalue weighted by Gasteiger charge is 2.42. The van der Waals surface area contributed by atoms with Crippen LogP contribution < -0.4 is 15.0 Å². The predicted octanol–water partition coefficient (Wildman–Crippen LogP) is 8.93. The molecule has 0 radical (unpaired) electrons. The summed E-state index contributed by atoms with van der Waals surface area (Å²) in [4.78, 5) is 6.66. The van der Waals surface area contributed by atoms with Crippen molar-refractivity contribution in [1.29, 1.82) is 0 Å². The van der Waals surface area contributed by atoms with Crippen LogP contribution in [0.15, 0.2) is 108 Å². The number of ether oxygens (including phenoxy) is 1. The average molecular weight is 573 g/mol. The number of halogens is 2. The monoisotopic (exact) mass is 571 g/mol. The van der Waals surface area contributed by atoms with Crippen LogP contribution in [0.4, 0.5) is 5.69 Å². The summed E-state index contributed by atoms with van der Waals surface area (Å²) in [7, 11) is 0. The van der Waals surface area contributed by atoms with Gasteiger partial charge in [0.2, 0.25) is 0 Å². The smallest absolute Gasteiger partial charge is 0.174 e. The van der Waals surface area contributed by atoms with E-state index < -0.39 is 0 Å². The number of furan rings is 1. The topological polar surface area (TPSA) is 50.5 Å². The Morgan fingerprint density at radius 3 is 2.33 bits per heavy atom. The third-order valence-corrected chi connectivity index (χ3v) is 7.74. The number of hydrogen-bond acceptors (Lipinski definition) is 4. The fourth-order valence-corrected chi connectivity index (χ4v) is 5.43. The third-order valence-electron chi connectivity index (χ3n) is 6.61. The fraction of sp³-hybridized carbons (Fsp3) is 0.0968. The summed E-state index contributed by atoms with van der Waals surface area (Å²) >= 11 is 18.6. The number of nitrogens with one attached hydrogen (secondary N) is 1. The van der Waals surface area contributed by atoms with E-state index in [9.17, 15) is 0 Å². The minimum atomic E-state index is -0.303. The fourth-order valence-electron chi connectivity index (χ4n) is 4.69. The molecular weight excluding hydrogens is 549 g/mol. The van der Waals surface area contributed by atoms with Crippen molar-refractivity contribution in [3.8, 4) is 22.8 Å². The van der Waals surface area contributed by atoms with Gasteiger partial charge in [0.05, 0.1) is 21.8 Å². The Kier molecular flexibility index (Phi) is 7.00. The Hall–Kier alpha value is -3.84. The highest BCUT2D eigenvalue weighted by Crippen LogP contribution is 2.44. The maximum atomic E-state index is 6.49. The van der Waals surface area contributed by atoms with Crippen molar-refractivity contribution in [1.82, 2.24) is 10.3 Å². The molecule has 6 rings (SSSR count). The van der Waals surface area contributed by atoms with Gasteiger partial charge < -0.3 is 19.4 Å². The van der Waals surface area contributed by atoms with E-state index in [4.69, 9.17) is 44.6 Å². The van der Waals surface area contributed by atoms with Gasteiger partial charge in [-0.15, -0.1) is 0 Å². The number of thiocarbonyl (C=S) groups is 1. The molecule has 1 fully saturated rings. The molecule has 0 unspecified atom stereocenters. The number of anilines is 1. The van der Waals surface area contributed by atoms with Crippen LogP contribution in [-0.2, 0) is 0 Å². The Morgan fingerprint density at radius 2 is 1.62 bits per heavy atom. The van der Waals surface area contributed by atoms with Crippen LogP contribution in [0.5, 0.6) is 11.5 Å². The van der Waals surface area contributed by atoms with E-state index in [0.717, 1.165) is 28.4 Å². The molecule has 1 N–H and O–H groups in total. The first-order valence-corrected chi connectivity index (χ1v) is 13.5. The minimum Gasteiger partial charge on any atom is -0.459 e. The molecule has 0 spiro atoms. The van der Waals surface area contributed by atoms with Crippen LogP contribution in [0, 0.1) is 6.92 Å². The summed E-state index contributed by atoms with van der Waals surface area (Å²) in [5.74, 6) is 2.85. The molecule has 1 saturated heterocycles. The number of rotatable bonds is 6. The zero-order valence-electron chi connectivity index (χ0n) is 20.8. The van der Waals surface area contributed by atoms with E-state index in [1.54, 1.807) is 12.3 Å². The summed E-state index contributed by atoms with van der Waals surface area (Å²) in [6, 6.07) is 30.4. The number of nitrogens with zero attached hydrogens (tertiary/aromatic N) is 2. The standard InChI is InChI=1S/C31H23Cl2N3O2S/c1-19-8-12-21(13-9-19)37-22-14-10-20(11-15-22)36-30(29(35-31(36)39)25-7-2-3-18-34-25)27-17-16-26(38-27)23-5-4-6-24(32)28(23)33/h2-18,29-30H,1H3,(H,35,39)/t29-,30+/m1/s1. The van der Waals surface area contributed by atoms with Crippen LogP contribution in [0.25, 0.3) is 11.3 Å². The lowest BCUT2D eigenvalue weighted by Gasteiger charge is -2.26.